The molecule has 0 aliphatic rings. The first-order chi connectivity index (χ1) is 9.11. The molecule has 0 aliphatic heterocycles. The van der Waals surface area contributed by atoms with E-state index in [9.17, 15) is 4.39 Å². The standard InChI is InChI=1S/C13H17FN4O/c1-18-6-5-17-13(18)3-4-16-11-8-12(19-2)9(14)7-10(11)15/h5-8,16H,3-4,15H2,1-2H3. The molecule has 19 heavy (non-hydrogen) atoms. The number of imidazole rings is 1. The molecule has 0 atom stereocenters. The van der Waals surface area contributed by atoms with E-state index in [1.807, 2.05) is 17.8 Å². The third kappa shape index (κ3) is 2.96. The van der Waals surface area contributed by atoms with Crippen LogP contribution in [-0.4, -0.2) is 23.2 Å². The van der Waals surface area contributed by atoms with Crippen molar-refractivity contribution in [2.24, 2.45) is 7.05 Å². The van der Waals surface area contributed by atoms with E-state index in [2.05, 4.69) is 10.3 Å². The van der Waals surface area contributed by atoms with E-state index in [1.54, 1.807) is 12.3 Å². The van der Waals surface area contributed by atoms with Crippen molar-refractivity contribution in [3.63, 3.8) is 0 Å². The second kappa shape index (κ2) is 5.60. The molecule has 6 heteroatoms. The largest absolute Gasteiger partial charge is 0.494 e. The summed E-state index contributed by atoms with van der Waals surface area (Å²) >= 11 is 0. The molecule has 1 aromatic heterocycles. The molecule has 2 aromatic rings. The first-order valence-electron chi connectivity index (χ1n) is 5.95. The molecule has 0 radical (unpaired) electrons. The maximum Gasteiger partial charge on any atom is 0.167 e. The number of methoxy groups -OCH3 is 1. The number of ether oxygens (including phenoxy) is 1. The summed E-state index contributed by atoms with van der Waals surface area (Å²) in [5.74, 6) is 0.684. The van der Waals surface area contributed by atoms with E-state index >= 15 is 0 Å². The molecule has 1 aromatic carbocycles. The molecule has 0 bridgehead atoms. The van der Waals surface area contributed by atoms with E-state index in [-0.39, 0.29) is 5.75 Å². The minimum absolute atomic E-state index is 0.175. The maximum absolute atomic E-state index is 13.4. The number of nitrogens with one attached hydrogen (secondary N) is 1. The highest BCUT2D eigenvalue weighted by Crippen LogP contribution is 2.27. The minimum atomic E-state index is -0.463. The van der Waals surface area contributed by atoms with E-state index < -0.39 is 5.82 Å². The lowest BCUT2D eigenvalue weighted by atomic mass is 10.2. The van der Waals surface area contributed by atoms with Gasteiger partial charge < -0.3 is 20.4 Å². The van der Waals surface area contributed by atoms with Crippen LogP contribution in [0.4, 0.5) is 15.8 Å². The van der Waals surface area contributed by atoms with Crippen LogP contribution in [0.5, 0.6) is 5.75 Å². The van der Waals surface area contributed by atoms with Gasteiger partial charge in [-0.1, -0.05) is 0 Å². The second-order valence-electron chi connectivity index (χ2n) is 4.21. The van der Waals surface area contributed by atoms with Gasteiger partial charge in [0.2, 0.25) is 0 Å². The zero-order valence-corrected chi connectivity index (χ0v) is 11.0. The lowest BCUT2D eigenvalue weighted by Crippen LogP contribution is -2.10. The number of aromatic nitrogens is 2. The smallest absolute Gasteiger partial charge is 0.167 e. The predicted molar refractivity (Wildman–Crippen MR) is 72.8 cm³/mol. The van der Waals surface area contributed by atoms with Crippen LogP contribution in [0.15, 0.2) is 24.5 Å². The highest BCUT2D eigenvalue weighted by molar-refractivity contribution is 5.68. The van der Waals surface area contributed by atoms with Gasteiger partial charge in [-0.15, -0.1) is 0 Å². The summed E-state index contributed by atoms with van der Waals surface area (Å²) in [6.45, 7) is 0.657. The summed E-state index contributed by atoms with van der Waals surface area (Å²) in [6.07, 6.45) is 4.40. The molecule has 0 spiro atoms. The van der Waals surface area contributed by atoms with Gasteiger partial charge in [-0.25, -0.2) is 9.37 Å². The number of hydrogen-bond acceptors (Lipinski definition) is 4. The molecule has 2 rings (SSSR count). The fraction of sp³-hybridized carbons (Fsp3) is 0.308. The van der Waals surface area contributed by atoms with Crippen molar-refractivity contribution in [2.45, 2.75) is 6.42 Å². The fourth-order valence-electron chi connectivity index (χ4n) is 1.82. The Morgan fingerprint density at radius 3 is 2.89 bits per heavy atom. The number of rotatable bonds is 5. The van der Waals surface area contributed by atoms with Crippen molar-refractivity contribution in [3.8, 4) is 5.75 Å². The number of benzene rings is 1. The van der Waals surface area contributed by atoms with E-state index in [0.717, 1.165) is 12.2 Å². The number of nitrogen functional groups attached to an aromatic ring is 1. The monoisotopic (exact) mass is 264 g/mol. The van der Waals surface area contributed by atoms with Crippen LogP contribution in [0.3, 0.4) is 0 Å². The third-order valence-corrected chi connectivity index (χ3v) is 2.91. The van der Waals surface area contributed by atoms with E-state index in [0.29, 0.717) is 17.9 Å². The Morgan fingerprint density at radius 1 is 1.47 bits per heavy atom. The van der Waals surface area contributed by atoms with Crippen LogP contribution in [0, 0.1) is 5.82 Å². The molecule has 0 amide bonds. The average Bonchev–Trinajstić information content (AvgIpc) is 2.78. The number of nitrogens with zero attached hydrogens (tertiary/aromatic N) is 2. The zero-order valence-electron chi connectivity index (χ0n) is 11.0. The number of aryl methyl sites for hydroxylation is 1. The molecule has 0 unspecified atom stereocenters. The van der Waals surface area contributed by atoms with Crippen LogP contribution in [-0.2, 0) is 13.5 Å². The molecule has 0 saturated heterocycles. The van der Waals surface area contributed by atoms with Crippen LogP contribution >= 0.6 is 0 Å². The van der Waals surface area contributed by atoms with Gasteiger partial charge in [0.05, 0.1) is 18.5 Å². The second-order valence-corrected chi connectivity index (χ2v) is 4.21. The Labute approximate surface area is 111 Å². The van der Waals surface area contributed by atoms with Crippen LogP contribution in [0.1, 0.15) is 5.82 Å². The molecular weight excluding hydrogens is 247 g/mol. The average molecular weight is 264 g/mol. The van der Waals surface area contributed by atoms with E-state index in [4.69, 9.17) is 10.5 Å². The van der Waals surface area contributed by atoms with Crippen LogP contribution in [0.2, 0.25) is 0 Å². The van der Waals surface area contributed by atoms with Crippen molar-refractivity contribution < 1.29 is 9.13 Å². The van der Waals surface area contributed by atoms with E-state index in [1.165, 1.54) is 13.2 Å². The summed E-state index contributed by atoms with van der Waals surface area (Å²) in [5, 5.41) is 3.16. The van der Waals surface area contributed by atoms with Gasteiger partial charge in [0.1, 0.15) is 5.82 Å². The molecule has 5 nitrogen and oxygen atoms in total. The first-order valence-corrected chi connectivity index (χ1v) is 5.95. The van der Waals surface area contributed by atoms with Crippen LogP contribution < -0.4 is 15.8 Å². The van der Waals surface area contributed by atoms with Gasteiger partial charge in [0, 0.05) is 44.5 Å². The summed E-state index contributed by atoms with van der Waals surface area (Å²) in [7, 11) is 3.36. The van der Waals surface area contributed by atoms with Gasteiger partial charge >= 0.3 is 0 Å². The zero-order chi connectivity index (χ0) is 13.8. The van der Waals surface area contributed by atoms with Crippen molar-refractivity contribution in [1.29, 1.82) is 0 Å². The van der Waals surface area contributed by atoms with Gasteiger partial charge in [-0.2, -0.15) is 0 Å². The van der Waals surface area contributed by atoms with Gasteiger partial charge in [0.25, 0.3) is 0 Å². The number of halogens is 1. The summed E-state index contributed by atoms with van der Waals surface area (Å²) in [6, 6.07) is 2.81. The topological polar surface area (TPSA) is 65.1 Å². The lowest BCUT2D eigenvalue weighted by molar-refractivity contribution is 0.387. The highest BCUT2D eigenvalue weighted by Gasteiger charge is 2.08. The molecule has 102 valence electrons. The SMILES string of the molecule is COc1cc(NCCc2nccn2C)c(N)cc1F. The number of nitrogens with two attached hydrogens (primary N) is 1. The third-order valence-electron chi connectivity index (χ3n) is 2.91. The van der Waals surface area contributed by atoms with Crippen molar-refractivity contribution >= 4 is 11.4 Å². The molecule has 0 saturated carbocycles. The Hall–Kier alpha value is -2.24. The van der Waals surface area contributed by atoms with Gasteiger partial charge in [-0.3, -0.25) is 0 Å². The van der Waals surface area contributed by atoms with Crippen molar-refractivity contribution in [2.75, 3.05) is 24.7 Å². The Morgan fingerprint density at radius 2 is 2.26 bits per heavy atom. The van der Waals surface area contributed by atoms with Crippen LogP contribution in [0.25, 0.3) is 0 Å². The fourth-order valence-corrected chi connectivity index (χ4v) is 1.82. The highest BCUT2D eigenvalue weighted by atomic mass is 19.1. The first kappa shape index (κ1) is 13.2. The maximum atomic E-state index is 13.4. The number of hydrogen-bond donors (Lipinski definition) is 2. The minimum Gasteiger partial charge on any atom is -0.494 e. The van der Waals surface area contributed by atoms with Gasteiger partial charge in [-0.05, 0) is 0 Å². The lowest BCUT2D eigenvalue weighted by Gasteiger charge is -2.11. The Bertz CT molecular complexity index is 568. The molecule has 0 aliphatic carbocycles. The Balaban J connectivity index is 2.01. The quantitative estimate of drug-likeness (QED) is 0.808. The summed E-state index contributed by atoms with van der Waals surface area (Å²) < 4.78 is 20.3. The van der Waals surface area contributed by atoms with Crippen molar-refractivity contribution in [3.05, 3.63) is 36.2 Å². The molecule has 3 N–H and O–H groups in total. The van der Waals surface area contributed by atoms with Crippen molar-refractivity contribution in [1.82, 2.24) is 9.55 Å². The molecule has 1 heterocycles. The summed E-state index contributed by atoms with van der Waals surface area (Å²) in [4.78, 5) is 4.22. The molecule has 0 fully saturated rings. The van der Waals surface area contributed by atoms with Gasteiger partial charge in [0.15, 0.2) is 11.6 Å². The number of anilines is 2. The normalized spacial score (nSPS) is 10.5. The Kier molecular flexibility index (Phi) is 3.89. The predicted octanol–water partition coefficient (Wildman–Crippen LogP) is 1.80. The summed E-state index contributed by atoms with van der Waals surface area (Å²) in [5.41, 5.74) is 6.77. The molecular formula is C13H17FN4O.